The number of carbonyl (C=O) groups is 1. The van der Waals surface area contributed by atoms with Crippen LogP contribution in [0.5, 0.6) is 0 Å². The molecule has 116 valence electrons. The molecule has 0 unspecified atom stereocenters. The predicted molar refractivity (Wildman–Crippen MR) is 84.8 cm³/mol. The highest BCUT2D eigenvalue weighted by atomic mass is 16.3. The Labute approximate surface area is 124 Å². The van der Waals surface area contributed by atoms with E-state index in [2.05, 4.69) is 20.8 Å². The van der Waals surface area contributed by atoms with E-state index in [9.17, 15) is 9.90 Å². The third kappa shape index (κ3) is 3.45. The normalized spacial score (nSPS) is 23.1. The summed E-state index contributed by atoms with van der Waals surface area (Å²) >= 11 is 0. The van der Waals surface area contributed by atoms with Gasteiger partial charge in [-0.25, -0.2) is 0 Å². The van der Waals surface area contributed by atoms with Gasteiger partial charge in [-0.3, -0.25) is 4.79 Å². The minimum Gasteiger partial charge on any atom is -0.511 e. The van der Waals surface area contributed by atoms with Crippen molar-refractivity contribution in [2.75, 3.05) is 0 Å². The first kappa shape index (κ1) is 17.3. The fourth-order valence-electron chi connectivity index (χ4n) is 2.94. The van der Waals surface area contributed by atoms with Crippen molar-refractivity contribution in [3.8, 4) is 0 Å². The van der Waals surface area contributed by atoms with Crippen LogP contribution in [0, 0.1) is 16.2 Å². The van der Waals surface area contributed by atoms with Crippen molar-refractivity contribution in [3.63, 3.8) is 0 Å². The SMILES string of the molecule is CCC(C)(C)C(=O)/C(C)=C(\O)C1(C)CCC(C)(C)CC1. The van der Waals surface area contributed by atoms with E-state index in [1.165, 1.54) is 0 Å². The number of allylic oxidation sites excluding steroid dienone is 2. The number of ketones is 1. The summed E-state index contributed by atoms with van der Waals surface area (Å²) in [6.45, 7) is 14.4. The fourth-order valence-corrected chi connectivity index (χ4v) is 2.94. The van der Waals surface area contributed by atoms with Crippen molar-refractivity contribution >= 4 is 5.78 Å². The average Bonchev–Trinajstić information content (AvgIpc) is 2.40. The van der Waals surface area contributed by atoms with E-state index in [0.717, 1.165) is 32.1 Å². The van der Waals surface area contributed by atoms with E-state index in [4.69, 9.17) is 0 Å². The molecule has 1 saturated carbocycles. The molecule has 0 spiro atoms. The Kier molecular flexibility index (Phi) is 4.78. The first-order valence-electron chi connectivity index (χ1n) is 7.90. The van der Waals surface area contributed by atoms with Gasteiger partial charge >= 0.3 is 0 Å². The first-order valence-corrected chi connectivity index (χ1v) is 7.90. The van der Waals surface area contributed by atoms with Crippen molar-refractivity contribution in [2.24, 2.45) is 16.2 Å². The van der Waals surface area contributed by atoms with Gasteiger partial charge in [-0.05, 0) is 44.4 Å². The molecule has 2 heteroatoms. The van der Waals surface area contributed by atoms with Gasteiger partial charge in [0.15, 0.2) is 5.78 Å². The number of rotatable bonds is 4. The summed E-state index contributed by atoms with van der Waals surface area (Å²) in [4.78, 5) is 12.5. The fraction of sp³-hybridized carbons (Fsp3) is 0.833. The first-order chi connectivity index (χ1) is 8.95. The maximum atomic E-state index is 12.5. The summed E-state index contributed by atoms with van der Waals surface area (Å²) in [6.07, 6.45) is 4.92. The molecule has 0 aromatic carbocycles. The molecule has 0 aromatic heterocycles. The Morgan fingerprint density at radius 2 is 1.55 bits per heavy atom. The second-order valence-electron chi connectivity index (χ2n) is 8.27. The highest BCUT2D eigenvalue weighted by molar-refractivity contribution is 5.99. The molecule has 1 aliphatic carbocycles. The maximum Gasteiger partial charge on any atom is 0.167 e. The summed E-state index contributed by atoms with van der Waals surface area (Å²) in [5.74, 6) is 0.420. The maximum absolute atomic E-state index is 12.5. The topological polar surface area (TPSA) is 37.3 Å². The molecule has 1 fully saturated rings. The molecule has 2 nitrogen and oxygen atoms in total. The number of aliphatic hydroxyl groups excluding tert-OH is 1. The molecule has 0 radical (unpaired) electrons. The number of hydrogen-bond acceptors (Lipinski definition) is 2. The van der Waals surface area contributed by atoms with E-state index in [0.29, 0.717) is 16.7 Å². The minimum atomic E-state index is -0.387. The lowest BCUT2D eigenvalue weighted by atomic mass is 9.64. The van der Waals surface area contributed by atoms with Crippen LogP contribution in [0.3, 0.4) is 0 Å². The van der Waals surface area contributed by atoms with Crippen LogP contribution >= 0.6 is 0 Å². The lowest BCUT2D eigenvalue weighted by molar-refractivity contribution is -0.123. The van der Waals surface area contributed by atoms with Gasteiger partial charge in [0.05, 0.1) is 0 Å². The Morgan fingerprint density at radius 3 is 1.95 bits per heavy atom. The number of Topliss-reactive ketones (excluding diaryl/α,β-unsaturated/α-hetero) is 1. The Hall–Kier alpha value is -0.790. The zero-order chi connectivity index (χ0) is 15.8. The summed E-state index contributed by atoms with van der Waals surface area (Å²) in [5.41, 5.74) is 0.320. The van der Waals surface area contributed by atoms with Gasteiger partial charge in [-0.15, -0.1) is 0 Å². The van der Waals surface area contributed by atoms with Gasteiger partial charge in [-0.1, -0.05) is 41.5 Å². The van der Waals surface area contributed by atoms with E-state index < -0.39 is 0 Å². The molecule has 0 aliphatic heterocycles. The van der Waals surface area contributed by atoms with Crippen molar-refractivity contribution in [2.45, 2.75) is 80.6 Å². The third-order valence-corrected chi connectivity index (χ3v) is 5.47. The molecular weight excluding hydrogens is 248 g/mol. The largest absolute Gasteiger partial charge is 0.511 e. The second-order valence-corrected chi connectivity index (χ2v) is 8.27. The smallest absolute Gasteiger partial charge is 0.167 e. The highest BCUT2D eigenvalue weighted by Crippen LogP contribution is 2.49. The highest BCUT2D eigenvalue weighted by Gasteiger charge is 2.40. The van der Waals surface area contributed by atoms with Crippen molar-refractivity contribution in [1.82, 2.24) is 0 Å². The van der Waals surface area contributed by atoms with Gasteiger partial charge in [0, 0.05) is 16.4 Å². The minimum absolute atomic E-state index is 0.0866. The van der Waals surface area contributed by atoms with E-state index in [1.54, 1.807) is 6.92 Å². The van der Waals surface area contributed by atoms with Crippen LogP contribution in [0.15, 0.2) is 11.3 Å². The Balaban J connectivity index is 3.00. The van der Waals surface area contributed by atoms with Crippen molar-refractivity contribution < 1.29 is 9.90 Å². The van der Waals surface area contributed by atoms with Crippen LogP contribution in [-0.4, -0.2) is 10.9 Å². The van der Waals surface area contributed by atoms with E-state index >= 15 is 0 Å². The van der Waals surface area contributed by atoms with E-state index in [1.807, 2.05) is 20.8 Å². The standard InChI is InChI=1S/C18H32O2/c1-8-17(5,6)14(19)13(2)15(20)18(7)11-9-16(3,4)10-12-18/h20H,8-12H2,1-7H3/b15-13-. The quantitative estimate of drug-likeness (QED) is 0.550. The number of carbonyl (C=O) groups excluding carboxylic acids is 1. The van der Waals surface area contributed by atoms with Gasteiger partial charge in [0.1, 0.15) is 5.76 Å². The molecule has 1 N–H and O–H groups in total. The number of aliphatic hydroxyl groups is 1. The predicted octanol–water partition coefficient (Wildman–Crippen LogP) is 5.43. The van der Waals surface area contributed by atoms with Gasteiger partial charge in [0.2, 0.25) is 0 Å². The van der Waals surface area contributed by atoms with Gasteiger partial charge in [0.25, 0.3) is 0 Å². The molecule has 20 heavy (non-hydrogen) atoms. The van der Waals surface area contributed by atoms with Crippen LogP contribution < -0.4 is 0 Å². The molecule has 1 aliphatic rings. The summed E-state index contributed by atoms with van der Waals surface area (Å²) < 4.78 is 0. The molecule has 0 atom stereocenters. The molecule has 1 rings (SSSR count). The average molecular weight is 280 g/mol. The van der Waals surface area contributed by atoms with Crippen LogP contribution in [0.25, 0.3) is 0 Å². The van der Waals surface area contributed by atoms with Gasteiger partial charge < -0.3 is 5.11 Å². The van der Waals surface area contributed by atoms with Crippen LogP contribution in [0.2, 0.25) is 0 Å². The lowest BCUT2D eigenvalue weighted by Crippen LogP contribution is -2.33. The van der Waals surface area contributed by atoms with Crippen molar-refractivity contribution in [3.05, 3.63) is 11.3 Å². The van der Waals surface area contributed by atoms with Crippen molar-refractivity contribution in [1.29, 1.82) is 0 Å². The molecular formula is C18H32O2. The number of hydrogen-bond donors (Lipinski definition) is 1. The lowest BCUT2D eigenvalue weighted by Gasteiger charge is -2.41. The Morgan fingerprint density at radius 1 is 1.10 bits per heavy atom. The van der Waals surface area contributed by atoms with Gasteiger partial charge in [-0.2, -0.15) is 0 Å². The zero-order valence-corrected chi connectivity index (χ0v) is 14.4. The second kappa shape index (κ2) is 5.54. The summed E-state index contributed by atoms with van der Waals surface area (Å²) in [5, 5.41) is 10.7. The summed E-state index contributed by atoms with van der Waals surface area (Å²) in [6, 6.07) is 0. The molecule has 0 bridgehead atoms. The van der Waals surface area contributed by atoms with Crippen LogP contribution in [-0.2, 0) is 4.79 Å². The van der Waals surface area contributed by atoms with Crippen LogP contribution in [0.1, 0.15) is 80.6 Å². The molecule has 0 amide bonds. The Bertz CT molecular complexity index is 403. The monoisotopic (exact) mass is 280 g/mol. The summed E-state index contributed by atoms with van der Waals surface area (Å²) in [7, 11) is 0. The molecule has 0 aromatic rings. The molecule has 0 saturated heterocycles. The van der Waals surface area contributed by atoms with E-state index in [-0.39, 0.29) is 16.6 Å². The molecule has 0 heterocycles. The zero-order valence-electron chi connectivity index (χ0n) is 14.4. The third-order valence-electron chi connectivity index (χ3n) is 5.47. The van der Waals surface area contributed by atoms with Crippen LogP contribution in [0.4, 0.5) is 0 Å².